The van der Waals surface area contributed by atoms with Gasteiger partial charge in [-0.15, -0.1) is 19.1 Å². The molecule has 2 aliphatic rings. The highest BCUT2D eigenvalue weighted by molar-refractivity contribution is 8.13. The van der Waals surface area contributed by atoms with Gasteiger partial charge in [-0.1, -0.05) is 12.8 Å². The molecule has 1 N–H and O–H groups in total. The summed E-state index contributed by atoms with van der Waals surface area (Å²) in [6.45, 7) is 1.74. The maximum absolute atomic E-state index is 13.5. The molecule has 13 heteroatoms. The van der Waals surface area contributed by atoms with E-state index in [9.17, 15) is 18.1 Å². The van der Waals surface area contributed by atoms with Crippen LogP contribution in [0.4, 0.5) is 13.6 Å². The molecule has 2 saturated heterocycles. The van der Waals surface area contributed by atoms with E-state index in [1.165, 1.54) is 15.9 Å². The van der Waals surface area contributed by atoms with Crippen LogP contribution in [0.1, 0.15) is 55.3 Å². The number of halogens is 2. The summed E-state index contributed by atoms with van der Waals surface area (Å²) in [4.78, 5) is 9.92. The van der Waals surface area contributed by atoms with E-state index in [1.54, 1.807) is 25.4 Å². The van der Waals surface area contributed by atoms with E-state index in [1.807, 2.05) is 0 Å². The zero-order valence-corrected chi connectivity index (χ0v) is 19.5. The molecule has 32 heavy (non-hydrogen) atoms. The Morgan fingerprint density at radius 2 is 2.03 bits per heavy atom. The molecule has 3 aromatic rings. The number of hydrogen-bond acceptors (Lipinski definition) is 9. The molecule has 3 atom stereocenters. The Labute approximate surface area is 197 Å². The lowest BCUT2D eigenvalue weighted by Gasteiger charge is -2.29. The van der Waals surface area contributed by atoms with Gasteiger partial charge in [-0.05, 0) is 31.4 Å². The van der Waals surface area contributed by atoms with E-state index in [-0.39, 0.29) is 43.1 Å². The lowest BCUT2D eigenvalue weighted by atomic mass is 9.34. The van der Waals surface area contributed by atoms with Crippen LogP contribution < -0.4 is 3.71 Å². The van der Waals surface area contributed by atoms with Gasteiger partial charge in [0.1, 0.15) is 11.1 Å². The van der Waals surface area contributed by atoms with Crippen LogP contribution in [0.3, 0.4) is 0 Å². The zero-order valence-electron chi connectivity index (χ0n) is 17.1. The second kappa shape index (κ2) is 8.81. The summed E-state index contributed by atoms with van der Waals surface area (Å²) in [5, 5.41) is 24.3. The minimum Gasteiger partial charge on any atom is -0.386 e. The lowest BCUT2D eigenvalue weighted by molar-refractivity contribution is 0.199. The molecule has 0 spiro atoms. The highest BCUT2D eigenvalue weighted by atomic mass is 32.3. The molecular formula is C19H19BF2N6OS3. The SMILES string of the molecule is CC(O)c1ncc(-c2cnn3c(N(SF)SF)cc(C4CC5CCC(C4)B5C#N)nc23)s1. The van der Waals surface area contributed by atoms with Crippen LogP contribution in [0.2, 0.25) is 11.6 Å². The molecule has 3 unspecified atom stereocenters. The summed E-state index contributed by atoms with van der Waals surface area (Å²) in [6, 6.07) is 1.70. The standard InChI is InChI=1S/C19H19BF2N6OS3/c1-10(29)19-24-8-16(30-19)14-7-25-27-17(28(31-21)32-22)6-15(26-18(14)27)11-4-12-2-3-13(5-11)20(12)9-23/h6-8,10-13,29H,2-5H2,1H3. The zero-order chi connectivity index (χ0) is 22.4. The average Bonchev–Trinajstić information content (AvgIpc) is 3.50. The van der Waals surface area contributed by atoms with Gasteiger partial charge in [-0.2, -0.15) is 13.3 Å². The van der Waals surface area contributed by atoms with Gasteiger partial charge >= 0.3 is 0 Å². The molecule has 3 aromatic heterocycles. The number of thiazole rings is 1. The quantitative estimate of drug-likeness (QED) is 0.344. The highest BCUT2D eigenvalue weighted by Crippen LogP contribution is 2.54. The fourth-order valence-electron chi connectivity index (χ4n) is 5.15. The molecule has 2 fully saturated rings. The average molecular weight is 492 g/mol. The maximum Gasteiger partial charge on any atom is 0.274 e. The van der Waals surface area contributed by atoms with Crippen molar-refractivity contribution in [1.29, 1.82) is 5.26 Å². The predicted molar refractivity (Wildman–Crippen MR) is 125 cm³/mol. The Kier molecular flexibility index (Phi) is 6.04. The van der Waals surface area contributed by atoms with Crippen molar-refractivity contribution < 1.29 is 12.9 Å². The summed E-state index contributed by atoms with van der Waals surface area (Å²) in [6.07, 6.45) is 6.35. The molecule has 166 valence electrons. The molecule has 2 bridgehead atoms. The molecule has 0 radical (unpaired) electrons. The monoisotopic (exact) mass is 492 g/mol. The van der Waals surface area contributed by atoms with Crippen LogP contribution in [0.5, 0.6) is 0 Å². The van der Waals surface area contributed by atoms with Crippen LogP contribution in [0, 0.1) is 11.2 Å². The molecule has 5 rings (SSSR count). The van der Waals surface area contributed by atoms with E-state index in [2.05, 4.69) is 16.1 Å². The normalized spacial score (nSPS) is 23.5. The van der Waals surface area contributed by atoms with Gasteiger partial charge in [-0.3, -0.25) is 0 Å². The van der Waals surface area contributed by atoms with E-state index >= 15 is 0 Å². The van der Waals surface area contributed by atoms with Gasteiger partial charge in [0.15, 0.2) is 36.1 Å². The van der Waals surface area contributed by atoms with Crippen LogP contribution in [-0.4, -0.2) is 31.4 Å². The Hall–Kier alpha value is -1.88. The van der Waals surface area contributed by atoms with Crippen molar-refractivity contribution >= 4 is 54.2 Å². The smallest absolute Gasteiger partial charge is 0.274 e. The number of aliphatic hydroxyl groups excluding tert-OH is 1. The van der Waals surface area contributed by atoms with E-state index < -0.39 is 6.10 Å². The van der Waals surface area contributed by atoms with Crippen LogP contribution in [0.15, 0.2) is 18.5 Å². The Morgan fingerprint density at radius 1 is 1.31 bits per heavy atom. The molecular weight excluding hydrogens is 473 g/mol. The molecule has 0 aromatic carbocycles. The van der Waals surface area contributed by atoms with Gasteiger partial charge in [-0.25, -0.2) is 15.2 Å². The van der Waals surface area contributed by atoms with Crippen LogP contribution >= 0.6 is 36.0 Å². The second-order valence-electron chi connectivity index (χ2n) is 8.39. The molecule has 0 aliphatic carbocycles. The highest BCUT2D eigenvalue weighted by Gasteiger charge is 2.46. The molecule has 2 aliphatic heterocycles. The number of hydrogen-bond donors (Lipinski definition) is 1. The first kappa shape index (κ1) is 21.9. The van der Waals surface area contributed by atoms with Gasteiger partial charge in [0.2, 0.25) is 0 Å². The second-order valence-corrected chi connectivity index (χ2v) is 10.7. The third-order valence-corrected chi connectivity index (χ3v) is 8.76. The first-order chi connectivity index (χ1) is 15.5. The molecule has 5 heterocycles. The Bertz CT molecular complexity index is 1170. The topological polar surface area (TPSA) is 90.3 Å². The summed E-state index contributed by atoms with van der Waals surface area (Å²) < 4.78 is 29.3. The first-order valence-electron chi connectivity index (χ1n) is 10.3. The summed E-state index contributed by atoms with van der Waals surface area (Å²) >= 11 is 0.873. The van der Waals surface area contributed by atoms with E-state index in [0.717, 1.165) is 40.0 Å². The first-order valence-corrected chi connectivity index (χ1v) is 12.5. The lowest BCUT2D eigenvalue weighted by Crippen LogP contribution is -2.27. The van der Waals surface area contributed by atoms with Gasteiger partial charge in [0.05, 0.1) is 16.6 Å². The third kappa shape index (κ3) is 3.67. The fourth-order valence-corrected chi connectivity index (χ4v) is 6.49. The van der Waals surface area contributed by atoms with Crippen molar-refractivity contribution in [2.45, 2.75) is 56.3 Å². The van der Waals surface area contributed by atoms with Crippen molar-refractivity contribution in [2.24, 2.45) is 0 Å². The number of anilines is 1. The summed E-state index contributed by atoms with van der Waals surface area (Å²) in [5.41, 5.74) is 1.94. The number of aromatic nitrogens is 4. The minimum absolute atomic E-state index is 0.0929. The number of rotatable bonds is 6. The van der Waals surface area contributed by atoms with Crippen molar-refractivity contribution in [3.63, 3.8) is 0 Å². The Balaban J connectivity index is 1.61. The van der Waals surface area contributed by atoms with Crippen molar-refractivity contribution in [3.8, 4) is 16.4 Å². The Morgan fingerprint density at radius 3 is 2.62 bits per heavy atom. The number of fused-ring (bicyclic) bond motifs is 3. The van der Waals surface area contributed by atoms with E-state index in [0.29, 0.717) is 27.9 Å². The van der Waals surface area contributed by atoms with Gasteiger partial charge in [0, 0.05) is 29.8 Å². The predicted octanol–water partition coefficient (Wildman–Crippen LogP) is 5.75. The largest absolute Gasteiger partial charge is 0.386 e. The number of nitriles is 1. The molecule has 0 amide bonds. The van der Waals surface area contributed by atoms with Crippen LogP contribution in [-0.2, 0) is 0 Å². The minimum atomic E-state index is -0.693. The van der Waals surface area contributed by atoms with Crippen molar-refractivity contribution in [1.82, 2.24) is 19.6 Å². The van der Waals surface area contributed by atoms with Crippen LogP contribution in [0.25, 0.3) is 16.1 Å². The summed E-state index contributed by atoms with van der Waals surface area (Å²) in [5.74, 6) is 3.52. The maximum atomic E-state index is 13.5. The molecule has 0 saturated carbocycles. The van der Waals surface area contributed by atoms with Gasteiger partial charge in [0.25, 0.3) is 6.71 Å². The number of nitrogens with zero attached hydrogens (tertiary/aromatic N) is 6. The number of aliphatic hydroxyl groups is 1. The van der Waals surface area contributed by atoms with Crippen molar-refractivity contribution in [2.75, 3.05) is 3.71 Å². The fraction of sp³-hybridized carbons (Fsp3) is 0.474. The third-order valence-electron chi connectivity index (χ3n) is 6.60. The van der Waals surface area contributed by atoms with Crippen molar-refractivity contribution in [3.05, 3.63) is 29.2 Å². The van der Waals surface area contributed by atoms with Gasteiger partial charge < -0.3 is 5.11 Å². The molecule has 7 nitrogen and oxygen atoms in total. The summed E-state index contributed by atoms with van der Waals surface area (Å²) in [7, 11) is 0. The van der Waals surface area contributed by atoms with E-state index in [4.69, 9.17) is 4.98 Å².